The molecule has 0 aliphatic heterocycles. The summed E-state index contributed by atoms with van der Waals surface area (Å²) in [6.07, 6.45) is 5.00. The Bertz CT molecular complexity index is 392. The maximum Gasteiger partial charge on any atom is 0.162 e. The molecular weight excluding hydrogens is 212 g/mol. The predicted octanol–water partition coefficient (Wildman–Crippen LogP) is 4.30. The second kappa shape index (κ2) is 5.76. The highest BCUT2D eigenvalue weighted by Crippen LogP contribution is 2.32. The van der Waals surface area contributed by atoms with Crippen molar-refractivity contribution in [2.24, 2.45) is 0 Å². The predicted molar refractivity (Wildman–Crippen MR) is 72.7 cm³/mol. The standard InChI is InChI=1S/C15H22O2/c1-6-8-12-9-10-13(14(11-12)16-5)17-15(3,4)7-2/h6,8-11H,7H2,1-5H3/b8-6-. The third kappa shape index (κ3) is 3.81. The highest BCUT2D eigenvalue weighted by molar-refractivity contribution is 5.55. The Hall–Kier alpha value is -1.44. The molecule has 0 N–H and O–H groups in total. The van der Waals surface area contributed by atoms with Crippen molar-refractivity contribution in [2.75, 3.05) is 7.11 Å². The first-order valence-corrected chi connectivity index (χ1v) is 6.02. The van der Waals surface area contributed by atoms with Crippen molar-refractivity contribution in [1.29, 1.82) is 0 Å². The molecule has 0 radical (unpaired) electrons. The van der Waals surface area contributed by atoms with Crippen molar-refractivity contribution in [1.82, 2.24) is 0 Å². The lowest BCUT2D eigenvalue weighted by molar-refractivity contribution is 0.101. The van der Waals surface area contributed by atoms with Gasteiger partial charge in [-0.05, 0) is 44.9 Å². The lowest BCUT2D eigenvalue weighted by atomic mass is 10.1. The number of allylic oxidation sites excluding steroid dienone is 1. The van der Waals surface area contributed by atoms with Gasteiger partial charge in [0.2, 0.25) is 0 Å². The molecule has 0 unspecified atom stereocenters. The van der Waals surface area contributed by atoms with Crippen LogP contribution in [0.1, 0.15) is 39.7 Å². The molecule has 1 aromatic carbocycles. The molecule has 17 heavy (non-hydrogen) atoms. The molecule has 1 aromatic rings. The van der Waals surface area contributed by atoms with Gasteiger partial charge in [-0.1, -0.05) is 25.1 Å². The van der Waals surface area contributed by atoms with Crippen LogP contribution in [0.2, 0.25) is 0 Å². The second-order valence-electron chi connectivity index (χ2n) is 4.63. The van der Waals surface area contributed by atoms with Crippen LogP contribution < -0.4 is 9.47 Å². The Labute approximate surface area is 104 Å². The molecule has 0 spiro atoms. The van der Waals surface area contributed by atoms with Crippen LogP contribution in [0.3, 0.4) is 0 Å². The number of methoxy groups -OCH3 is 1. The smallest absolute Gasteiger partial charge is 0.162 e. The van der Waals surface area contributed by atoms with Crippen molar-refractivity contribution in [3.63, 3.8) is 0 Å². The highest BCUT2D eigenvalue weighted by atomic mass is 16.5. The first-order chi connectivity index (χ1) is 8.02. The van der Waals surface area contributed by atoms with E-state index in [1.165, 1.54) is 0 Å². The monoisotopic (exact) mass is 234 g/mol. The lowest BCUT2D eigenvalue weighted by Crippen LogP contribution is -2.27. The zero-order valence-electron chi connectivity index (χ0n) is 11.4. The van der Waals surface area contributed by atoms with Crippen molar-refractivity contribution in [2.45, 2.75) is 39.7 Å². The summed E-state index contributed by atoms with van der Waals surface area (Å²) in [5, 5.41) is 0. The minimum absolute atomic E-state index is 0.171. The summed E-state index contributed by atoms with van der Waals surface area (Å²) in [5.74, 6) is 1.58. The largest absolute Gasteiger partial charge is 0.493 e. The van der Waals surface area contributed by atoms with E-state index < -0.39 is 0 Å². The molecular formula is C15H22O2. The number of hydrogen-bond acceptors (Lipinski definition) is 2. The molecule has 0 atom stereocenters. The summed E-state index contributed by atoms with van der Waals surface area (Å²) in [6.45, 7) is 8.26. The highest BCUT2D eigenvalue weighted by Gasteiger charge is 2.19. The third-order valence-corrected chi connectivity index (χ3v) is 2.78. The molecule has 0 aromatic heterocycles. The van der Waals surface area contributed by atoms with Gasteiger partial charge in [-0.2, -0.15) is 0 Å². The maximum absolute atomic E-state index is 5.96. The van der Waals surface area contributed by atoms with Crippen LogP contribution in [0.15, 0.2) is 24.3 Å². The summed E-state index contributed by atoms with van der Waals surface area (Å²) in [4.78, 5) is 0. The molecule has 2 heteroatoms. The van der Waals surface area contributed by atoms with Crippen molar-refractivity contribution >= 4 is 6.08 Å². The molecule has 2 nitrogen and oxygen atoms in total. The molecule has 0 heterocycles. The molecule has 0 aliphatic carbocycles. The van der Waals surface area contributed by atoms with Gasteiger partial charge in [0.15, 0.2) is 11.5 Å². The fourth-order valence-corrected chi connectivity index (χ4v) is 1.43. The van der Waals surface area contributed by atoms with Gasteiger partial charge in [-0.3, -0.25) is 0 Å². The number of benzene rings is 1. The summed E-state index contributed by atoms with van der Waals surface area (Å²) < 4.78 is 11.3. The van der Waals surface area contributed by atoms with E-state index in [1.54, 1.807) is 7.11 Å². The van der Waals surface area contributed by atoms with Gasteiger partial charge in [0.1, 0.15) is 5.60 Å². The maximum atomic E-state index is 5.96. The Morgan fingerprint density at radius 1 is 1.24 bits per heavy atom. The van der Waals surface area contributed by atoms with E-state index in [0.717, 1.165) is 23.5 Å². The van der Waals surface area contributed by atoms with E-state index in [9.17, 15) is 0 Å². The molecule has 0 saturated heterocycles. The van der Waals surface area contributed by atoms with Gasteiger partial charge in [0, 0.05) is 0 Å². The summed E-state index contributed by atoms with van der Waals surface area (Å²) in [6, 6.07) is 5.98. The molecule has 0 bridgehead atoms. The second-order valence-corrected chi connectivity index (χ2v) is 4.63. The topological polar surface area (TPSA) is 18.5 Å². The van der Waals surface area contributed by atoms with Crippen LogP contribution in [0, 0.1) is 0 Å². The van der Waals surface area contributed by atoms with Crippen LogP contribution >= 0.6 is 0 Å². The van der Waals surface area contributed by atoms with Gasteiger partial charge in [0.25, 0.3) is 0 Å². The SMILES string of the molecule is C/C=C\c1ccc(OC(C)(C)CC)c(OC)c1. The zero-order chi connectivity index (χ0) is 12.9. The zero-order valence-corrected chi connectivity index (χ0v) is 11.4. The van der Waals surface area contributed by atoms with E-state index in [0.29, 0.717) is 0 Å². The first-order valence-electron chi connectivity index (χ1n) is 6.02. The van der Waals surface area contributed by atoms with E-state index in [-0.39, 0.29) is 5.60 Å². The van der Waals surface area contributed by atoms with Gasteiger partial charge in [-0.15, -0.1) is 0 Å². The van der Waals surface area contributed by atoms with E-state index in [2.05, 4.69) is 20.8 Å². The molecule has 0 aliphatic rings. The van der Waals surface area contributed by atoms with Gasteiger partial charge < -0.3 is 9.47 Å². The average Bonchev–Trinajstić information content (AvgIpc) is 2.31. The molecule has 1 rings (SSSR count). The fourth-order valence-electron chi connectivity index (χ4n) is 1.43. The van der Waals surface area contributed by atoms with Crippen LogP contribution in [0.4, 0.5) is 0 Å². The molecule has 0 amide bonds. The van der Waals surface area contributed by atoms with Crippen molar-refractivity contribution in [3.05, 3.63) is 29.8 Å². The quantitative estimate of drug-likeness (QED) is 0.756. The van der Waals surface area contributed by atoms with E-state index in [1.807, 2.05) is 37.3 Å². The molecule has 0 fully saturated rings. The molecule has 0 saturated carbocycles. The van der Waals surface area contributed by atoms with E-state index >= 15 is 0 Å². The lowest BCUT2D eigenvalue weighted by Gasteiger charge is -2.26. The molecule has 94 valence electrons. The Morgan fingerprint density at radius 2 is 1.94 bits per heavy atom. The normalized spacial score (nSPS) is 11.8. The van der Waals surface area contributed by atoms with Gasteiger partial charge >= 0.3 is 0 Å². The Kier molecular flexibility index (Phi) is 4.62. The first kappa shape index (κ1) is 13.6. The van der Waals surface area contributed by atoms with Gasteiger partial charge in [0.05, 0.1) is 7.11 Å². The number of hydrogen-bond donors (Lipinski definition) is 0. The van der Waals surface area contributed by atoms with Crippen LogP contribution in [0.5, 0.6) is 11.5 Å². The number of rotatable bonds is 5. The summed E-state index contributed by atoms with van der Waals surface area (Å²) in [5.41, 5.74) is 0.945. The minimum atomic E-state index is -0.171. The third-order valence-electron chi connectivity index (χ3n) is 2.78. The average molecular weight is 234 g/mol. The summed E-state index contributed by atoms with van der Waals surface area (Å²) in [7, 11) is 1.67. The van der Waals surface area contributed by atoms with Crippen molar-refractivity contribution in [3.8, 4) is 11.5 Å². The van der Waals surface area contributed by atoms with Crippen molar-refractivity contribution < 1.29 is 9.47 Å². The Balaban J connectivity index is 3.00. The van der Waals surface area contributed by atoms with Crippen LogP contribution in [-0.4, -0.2) is 12.7 Å². The summed E-state index contributed by atoms with van der Waals surface area (Å²) >= 11 is 0. The van der Waals surface area contributed by atoms with Crippen LogP contribution in [-0.2, 0) is 0 Å². The van der Waals surface area contributed by atoms with Gasteiger partial charge in [-0.25, -0.2) is 0 Å². The Morgan fingerprint density at radius 3 is 2.47 bits per heavy atom. The van der Waals surface area contributed by atoms with E-state index in [4.69, 9.17) is 9.47 Å². The minimum Gasteiger partial charge on any atom is -0.493 e. The number of ether oxygens (including phenoxy) is 2. The van der Waals surface area contributed by atoms with Crippen LogP contribution in [0.25, 0.3) is 6.08 Å². The fraction of sp³-hybridized carbons (Fsp3) is 0.467.